The van der Waals surface area contributed by atoms with Gasteiger partial charge in [-0.15, -0.1) is 6.58 Å². The van der Waals surface area contributed by atoms with Crippen molar-refractivity contribution in [2.75, 3.05) is 27.0 Å². The van der Waals surface area contributed by atoms with E-state index in [4.69, 9.17) is 18.9 Å². The van der Waals surface area contributed by atoms with Gasteiger partial charge in [0.25, 0.3) is 5.91 Å². The summed E-state index contributed by atoms with van der Waals surface area (Å²) in [5, 5.41) is 3.89. The fraction of sp³-hybridized carbons (Fsp3) is 0.389. The quantitative estimate of drug-likeness (QED) is 0.207. The van der Waals surface area contributed by atoms with Gasteiger partial charge in [-0.2, -0.15) is 0 Å². The number of carbonyl (C=O) groups is 2. The van der Waals surface area contributed by atoms with Crippen LogP contribution in [-0.2, 0) is 16.1 Å². The third-order valence-electron chi connectivity index (χ3n) is 9.90. The Morgan fingerprint density at radius 2 is 1.98 bits per heavy atom. The van der Waals surface area contributed by atoms with E-state index >= 15 is 0 Å². The Hall–Kier alpha value is -4.90. The molecule has 2 aromatic heterocycles. The summed E-state index contributed by atoms with van der Waals surface area (Å²) in [6.45, 7) is 9.86. The fourth-order valence-corrected chi connectivity index (χ4v) is 7.33. The molecule has 4 aliphatic rings. The summed E-state index contributed by atoms with van der Waals surface area (Å²) < 4.78 is 24.6. The van der Waals surface area contributed by atoms with Gasteiger partial charge < -0.3 is 28.8 Å². The smallest absolute Gasteiger partial charge is 0.329 e. The second kappa shape index (κ2) is 12.4. The highest BCUT2D eigenvalue weighted by Crippen LogP contribution is 2.44. The van der Waals surface area contributed by atoms with E-state index in [2.05, 4.69) is 21.8 Å². The molecule has 6 atom stereocenters. The molecule has 2 unspecified atom stereocenters. The van der Waals surface area contributed by atoms with Crippen molar-refractivity contribution >= 4 is 33.7 Å². The first-order valence-electron chi connectivity index (χ1n) is 16.1. The van der Waals surface area contributed by atoms with Gasteiger partial charge >= 0.3 is 5.97 Å². The first-order chi connectivity index (χ1) is 22.8. The zero-order valence-electron chi connectivity index (χ0n) is 26.7. The summed E-state index contributed by atoms with van der Waals surface area (Å²) in [5.41, 5.74) is 1.68. The first kappa shape index (κ1) is 30.7. The number of rotatable bonds is 9. The van der Waals surface area contributed by atoms with Gasteiger partial charge in [-0.1, -0.05) is 6.08 Å². The maximum Gasteiger partial charge on any atom is 0.329 e. The zero-order chi connectivity index (χ0) is 32.8. The Morgan fingerprint density at radius 1 is 1.17 bits per heavy atom. The molecule has 1 amide bonds. The van der Waals surface area contributed by atoms with Crippen LogP contribution in [0.15, 0.2) is 66.2 Å². The van der Waals surface area contributed by atoms with Gasteiger partial charge in [0, 0.05) is 42.5 Å². The largest absolute Gasteiger partial charge is 0.497 e. The van der Waals surface area contributed by atoms with Gasteiger partial charge in [-0.05, 0) is 75.4 Å². The number of hydrogen-bond acceptors (Lipinski definition) is 9. The minimum Gasteiger partial charge on any atom is -0.497 e. The van der Waals surface area contributed by atoms with Crippen molar-refractivity contribution in [1.29, 1.82) is 0 Å². The molecule has 6 heterocycles. The highest BCUT2D eigenvalue weighted by atomic mass is 16.7. The Labute approximate surface area is 272 Å². The molecule has 244 valence electrons. The van der Waals surface area contributed by atoms with Crippen LogP contribution < -0.4 is 25.0 Å². The molecule has 3 fully saturated rings. The minimum absolute atomic E-state index is 0.0663. The monoisotopic (exact) mass is 638 g/mol. The topological polar surface area (TPSA) is 121 Å². The second-order valence-electron chi connectivity index (χ2n) is 12.5. The second-order valence-corrected chi connectivity index (χ2v) is 12.5. The molecular formula is C36H38N4O7. The number of ether oxygens (including phenoxy) is 4. The summed E-state index contributed by atoms with van der Waals surface area (Å²) in [6.07, 6.45) is 6.55. The molecule has 0 aliphatic carbocycles. The molecule has 47 heavy (non-hydrogen) atoms. The van der Waals surface area contributed by atoms with Crippen molar-refractivity contribution in [3.05, 3.63) is 82.8 Å². The number of methoxy groups -OCH3 is 1. The van der Waals surface area contributed by atoms with Crippen molar-refractivity contribution in [1.82, 2.24) is 19.8 Å². The van der Waals surface area contributed by atoms with E-state index in [1.807, 2.05) is 37.3 Å². The number of aryl methyl sites for hydroxylation is 1. The number of nitrogens with one attached hydrogen (secondary N) is 1. The molecule has 4 aromatic rings. The molecule has 11 heteroatoms. The van der Waals surface area contributed by atoms with E-state index in [0.29, 0.717) is 46.5 Å². The van der Waals surface area contributed by atoms with Gasteiger partial charge in [0.1, 0.15) is 23.5 Å². The van der Waals surface area contributed by atoms with Crippen molar-refractivity contribution < 1.29 is 28.5 Å². The fourth-order valence-electron chi connectivity index (χ4n) is 7.33. The summed E-state index contributed by atoms with van der Waals surface area (Å²) in [6, 6.07) is 9.79. The lowest BCUT2D eigenvalue weighted by Crippen LogP contribution is -2.55. The van der Waals surface area contributed by atoms with E-state index in [1.54, 1.807) is 36.9 Å². The molecular weight excluding hydrogens is 600 g/mol. The molecule has 2 aromatic carbocycles. The molecule has 0 spiro atoms. The summed E-state index contributed by atoms with van der Waals surface area (Å²) >= 11 is 0. The van der Waals surface area contributed by atoms with Crippen LogP contribution in [0.1, 0.15) is 48.7 Å². The van der Waals surface area contributed by atoms with Crippen LogP contribution in [0.5, 0.6) is 17.2 Å². The van der Waals surface area contributed by atoms with Crippen molar-refractivity contribution in [3.8, 4) is 17.2 Å². The van der Waals surface area contributed by atoms with Crippen molar-refractivity contribution in [2.45, 2.75) is 51.4 Å². The number of nitrogens with zero attached hydrogens (tertiary/aromatic N) is 3. The number of pyridine rings is 2. The van der Waals surface area contributed by atoms with Gasteiger partial charge in [0.05, 0.1) is 29.6 Å². The van der Waals surface area contributed by atoms with Crippen molar-refractivity contribution in [3.63, 3.8) is 0 Å². The van der Waals surface area contributed by atoms with E-state index in [9.17, 15) is 14.4 Å². The Bertz CT molecular complexity index is 1960. The molecule has 2 bridgehead atoms. The van der Waals surface area contributed by atoms with Gasteiger partial charge in [-0.25, -0.2) is 4.79 Å². The number of piperidine rings is 3. The average molecular weight is 639 g/mol. The number of amides is 1. The molecule has 11 nitrogen and oxygen atoms in total. The van der Waals surface area contributed by atoms with Crippen LogP contribution in [0.3, 0.4) is 0 Å². The van der Waals surface area contributed by atoms with E-state index in [-0.39, 0.29) is 18.4 Å². The third kappa shape index (κ3) is 5.48. The maximum absolute atomic E-state index is 13.8. The first-order valence-corrected chi connectivity index (χ1v) is 16.1. The lowest BCUT2D eigenvalue weighted by atomic mass is 9.73. The highest BCUT2D eigenvalue weighted by molar-refractivity contribution is 5.99. The van der Waals surface area contributed by atoms with Crippen LogP contribution in [0.2, 0.25) is 0 Å². The molecule has 8 rings (SSSR count). The molecule has 1 N–H and O–H groups in total. The molecule has 0 radical (unpaired) electrons. The van der Waals surface area contributed by atoms with Gasteiger partial charge in [0.15, 0.2) is 11.5 Å². The number of benzene rings is 2. The number of hydrogen-bond donors (Lipinski definition) is 1. The Morgan fingerprint density at radius 3 is 2.70 bits per heavy atom. The van der Waals surface area contributed by atoms with Crippen LogP contribution in [0.25, 0.3) is 21.8 Å². The van der Waals surface area contributed by atoms with Crippen LogP contribution in [0.4, 0.5) is 0 Å². The van der Waals surface area contributed by atoms with Gasteiger partial charge in [0.2, 0.25) is 12.2 Å². The van der Waals surface area contributed by atoms with Crippen LogP contribution >= 0.6 is 0 Å². The van der Waals surface area contributed by atoms with E-state index in [0.717, 1.165) is 42.4 Å². The number of fused-ring (bicyclic) bond motifs is 6. The maximum atomic E-state index is 13.8. The molecule has 3 saturated heterocycles. The summed E-state index contributed by atoms with van der Waals surface area (Å²) in [5.74, 6) is 1.24. The molecule has 4 aliphatic heterocycles. The van der Waals surface area contributed by atoms with Crippen LogP contribution in [-0.4, -0.2) is 65.4 Å². The summed E-state index contributed by atoms with van der Waals surface area (Å²) in [4.78, 5) is 47.9. The van der Waals surface area contributed by atoms with Crippen molar-refractivity contribution in [2.24, 2.45) is 11.8 Å². The number of esters is 1. The predicted molar refractivity (Wildman–Crippen MR) is 176 cm³/mol. The van der Waals surface area contributed by atoms with E-state index in [1.165, 1.54) is 6.20 Å². The Kier molecular flexibility index (Phi) is 8.09. The normalized spacial score (nSPS) is 22.5. The Balaban J connectivity index is 1.18. The molecule has 0 saturated carbocycles. The standard InChI is InChI=1S/C36H38N4O7/c1-5-21-17-40-12-10-22(21)13-30(40)34(24-9-11-37-28-8-7-23(44-4)14-25(24)28)47-36(43)20(3)38-35(42)27-18-39(6-2)29-16-32-31(45-19-46-32)15-26(29)33(27)41/h5,7-9,11,14-16,18,20-22,30,34H,1,6,10,12-13,17,19H2,2-4H3,(H,38,42)/t20?,21-,22-,30-,34+/m0/s1. The average Bonchev–Trinajstić information content (AvgIpc) is 3.57. The third-order valence-corrected chi connectivity index (χ3v) is 9.90. The summed E-state index contributed by atoms with van der Waals surface area (Å²) in [7, 11) is 1.61. The number of aromatic nitrogens is 2. The SMILES string of the molecule is C=C[C@H]1CN2CC[C@H]1C[C@H]2[C@H](OC(=O)C(C)NC(=O)c1cn(CC)c2cc3c(cc2c1=O)OCO3)c1ccnc2ccc(OC)cc12. The lowest BCUT2D eigenvalue weighted by Gasteiger charge is -2.51. The zero-order valence-corrected chi connectivity index (χ0v) is 26.7. The van der Waals surface area contributed by atoms with Gasteiger partial charge in [-0.3, -0.25) is 19.5 Å². The van der Waals surface area contributed by atoms with E-state index < -0.39 is 29.5 Å². The highest BCUT2D eigenvalue weighted by Gasteiger charge is 2.44. The lowest BCUT2D eigenvalue weighted by molar-refractivity contribution is -0.159. The number of carbonyl (C=O) groups excluding carboxylic acids is 2. The predicted octanol–water partition coefficient (Wildman–Crippen LogP) is 4.61. The minimum atomic E-state index is -1.04. The van der Waals surface area contributed by atoms with Crippen LogP contribution in [0, 0.1) is 11.8 Å².